The predicted octanol–water partition coefficient (Wildman–Crippen LogP) is 8.09. The van der Waals surface area contributed by atoms with Crippen LogP contribution in [0.5, 0.6) is 11.5 Å². The summed E-state index contributed by atoms with van der Waals surface area (Å²) in [5, 5.41) is 9.02. The van der Waals surface area contributed by atoms with Gasteiger partial charge in [-0.3, -0.25) is 0 Å². The van der Waals surface area contributed by atoms with Crippen LogP contribution in [0.4, 0.5) is 0 Å². The van der Waals surface area contributed by atoms with E-state index >= 15 is 0 Å². The maximum atomic E-state index is 9.02. The molecule has 0 aliphatic rings. The van der Waals surface area contributed by atoms with E-state index in [4.69, 9.17) is 14.7 Å². The highest BCUT2D eigenvalue weighted by molar-refractivity contribution is 5.79. The van der Waals surface area contributed by atoms with Gasteiger partial charge in [-0.2, -0.15) is 5.26 Å². The molecule has 176 valence electrons. The number of benzene rings is 4. The third-order valence-corrected chi connectivity index (χ3v) is 5.68. The van der Waals surface area contributed by atoms with Gasteiger partial charge in [0.15, 0.2) is 0 Å². The van der Waals surface area contributed by atoms with E-state index in [0.29, 0.717) is 5.56 Å². The summed E-state index contributed by atoms with van der Waals surface area (Å²) in [6, 6.07) is 32.2. The molecule has 0 bridgehead atoms. The molecule has 0 atom stereocenters. The fourth-order valence-corrected chi connectivity index (χ4v) is 3.67. The second kappa shape index (κ2) is 12.1. The van der Waals surface area contributed by atoms with Crippen LogP contribution in [-0.2, 0) is 0 Å². The van der Waals surface area contributed by atoms with Crippen molar-refractivity contribution in [1.82, 2.24) is 0 Å². The van der Waals surface area contributed by atoms with Crippen LogP contribution in [0.25, 0.3) is 36.5 Å². The van der Waals surface area contributed by atoms with E-state index < -0.39 is 0 Å². The molecule has 0 aliphatic heterocycles. The van der Waals surface area contributed by atoms with Crippen molar-refractivity contribution in [3.05, 3.63) is 130 Å². The molecule has 0 aromatic heterocycles. The molecule has 0 fully saturated rings. The van der Waals surface area contributed by atoms with Gasteiger partial charge in [-0.1, -0.05) is 72.9 Å². The molecule has 3 nitrogen and oxygen atoms in total. The van der Waals surface area contributed by atoms with Crippen LogP contribution in [0.1, 0.15) is 38.9 Å². The topological polar surface area (TPSA) is 42.2 Å². The Kier molecular flexibility index (Phi) is 8.14. The fraction of sp³-hybridized carbons (Fsp3) is 0.0606. The first-order valence-corrected chi connectivity index (χ1v) is 11.6. The number of nitrogens with zero attached hydrogens (tertiary/aromatic N) is 1. The van der Waals surface area contributed by atoms with E-state index in [9.17, 15) is 0 Å². The fourth-order valence-electron chi connectivity index (χ4n) is 3.67. The Morgan fingerprint density at radius 1 is 0.472 bits per heavy atom. The van der Waals surface area contributed by atoms with Crippen LogP contribution in [0.3, 0.4) is 0 Å². The molecule has 3 heteroatoms. The van der Waals surface area contributed by atoms with E-state index in [1.807, 2.05) is 72.8 Å². The summed E-state index contributed by atoms with van der Waals surface area (Å²) in [6.45, 7) is 0. The molecule has 36 heavy (non-hydrogen) atoms. The van der Waals surface area contributed by atoms with Gasteiger partial charge in [0.05, 0.1) is 25.9 Å². The van der Waals surface area contributed by atoms with Gasteiger partial charge in [-0.15, -0.1) is 0 Å². The van der Waals surface area contributed by atoms with Gasteiger partial charge in [0, 0.05) is 0 Å². The minimum absolute atomic E-state index is 0.656. The van der Waals surface area contributed by atoms with Crippen molar-refractivity contribution >= 4 is 36.5 Å². The van der Waals surface area contributed by atoms with Crippen molar-refractivity contribution in [3.8, 4) is 17.6 Å². The molecule has 0 saturated carbocycles. The normalized spacial score (nSPS) is 11.2. The molecule has 0 radical (unpaired) electrons. The van der Waals surface area contributed by atoms with Gasteiger partial charge in [-0.25, -0.2) is 0 Å². The van der Waals surface area contributed by atoms with E-state index in [2.05, 4.69) is 60.7 Å². The summed E-state index contributed by atoms with van der Waals surface area (Å²) in [5.41, 5.74) is 7.19. The first-order chi connectivity index (χ1) is 17.6. The molecule has 0 aliphatic carbocycles. The first kappa shape index (κ1) is 24.3. The van der Waals surface area contributed by atoms with Crippen LogP contribution in [0, 0.1) is 11.3 Å². The number of ether oxygens (including phenoxy) is 2. The highest BCUT2D eigenvalue weighted by Crippen LogP contribution is 2.20. The van der Waals surface area contributed by atoms with Gasteiger partial charge in [-0.05, 0) is 88.0 Å². The molecule has 0 saturated heterocycles. The Balaban J connectivity index is 1.62. The minimum atomic E-state index is 0.656. The Morgan fingerprint density at radius 3 is 1.08 bits per heavy atom. The summed E-state index contributed by atoms with van der Waals surface area (Å²) < 4.78 is 10.5. The van der Waals surface area contributed by atoms with E-state index in [1.54, 1.807) is 14.2 Å². The average Bonchev–Trinajstić information content (AvgIpc) is 2.94. The second-order valence-electron chi connectivity index (χ2n) is 8.21. The summed E-state index contributed by atoms with van der Waals surface area (Å²) in [4.78, 5) is 0. The highest BCUT2D eigenvalue weighted by Gasteiger charge is 1.99. The van der Waals surface area contributed by atoms with Gasteiger partial charge in [0.1, 0.15) is 11.5 Å². The summed E-state index contributed by atoms with van der Waals surface area (Å²) in [5.74, 6) is 1.68. The molecule has 0 N–H and O–H groups in total. The number of hydrogen-bond acceptors (Lipinski definition) is 3. The van der Waals surface area contributed by atoms with Crippen molar-refractivity contribution in [1.29, 1.82) is 5.26 Å². The van der Waals surface area contributed by atoms with Crippen LogP contribution in [0.15, 0.2) is 91.0 Å². The lowest BCUT2D eigenvalue weighted by molar-refractivity contribution is 0.414. The molecule has 4 rings (SSSR count). The number of rotatable bonds is 8. The Hall–Kier alpha value is -4.81. The van der Waals surface area contributed by atoms with Gasteiger partial charge < -0.3 is 9.47 Å². The summed E-state index contributed by atoms with van der Waals surface area (Å²) in [7, 11) is 3.34. The quantitative estimate of drug-likeness (QED) is 0.245. The van der Waals surface area contributed by atoms with Crippen LogP contribution in [-0.4, -0.2) is 14.2 Å². The third-order valence-electron chi connectivity index (χ3n) is 5.68. The lowest BCUT2D eigenvalue weighted by atomic mass is 10.0. The van der Waals surface area contributed by atoms with Crippen molar-refractivity contribution in [2.45, 2.75) is 0 Å². The lowest BCUT2D eigenvalue weighted by Gasteiger charge is -2.04. The molecule has 4 aromatic carbocycles. The molecule has 0 unspecified atom stereocenters. The molecular weight excluding hydrogens is 442 g/mol. The number of nitriles is 1. The Morgan fingerprint density at radius 2 is 0.778 bits per heavy atom. The average molecular weight is 470 g/mol. The standard InChI is InChI=1S/C33H27NO2/c1-35-32-17-13-26(14-18-32)6-11-30-21-29(10-5-25-3-8-28(24-34)9-4-25)22-31(23-30)12-7-27-15-19-33(36-2)20-16-27/h3-23H,1-2H3/b10-5+,11-6+,12-7+. The lowest BCUT2D eigenvalue weighted by Crippen LogP contribution is -1.83. The molecular formula is C33H27NO2. The first-order valence-electron chi connectivity index (χ1n) is 11.6. The largest absolute Gasteiger partial charge is 0.497 e. The van der Waals surface area contributed by atoms with Crippen molar-refractivity contribution < 1.29 is 9.47 Å². The monoisotopic (exact) mass is 469 g/mol. The molecule has 0 amide bonds. The van der Waals surface area contributed by atoms with Crippen molar-refractivity contribution in [2.75, 3.05) is 14.2 Å². The summed E-state index contributed by atoms with van der Waals surface area (Å²) >= 11 is 0. The van der Waals surface area contributed by atoms with Gasteiger partial charge >= 0.3 is 0 Å². The highest BCUT2D eigenvalue weighted by atomic mass is 16.5. The van der Waals surface area contributed by atoms with Gasteiger partial charge in [0.25, 0.3) is 0 Å². The zero-order valence-corrected chi connectivity index (χ0v) is 20.4. The predicted molar refractivity (Wildman–Crippen MR) is 150 cm³/mol. The smallest absolute Gasteiger partial charge is 0.118 e. The minimum Gasteiger partial charge on any atom is -0.497 e. The maximum Gasteiger partial charge on any atom is 0.118 e. The molecule has 0 spiro atoms. The van der Waals surface area contributed by atoms with Crippen LogP contribution >= 0.6 is 0 Å². The van der Waals surface area contributed by atoms with E-state index in [-0.39, 0.29) is 0 Å². The van der Waals surface area contributed by atoms with E-state index in [0.717, 1.165) is 44.9 Å². The van der Waals surface area contributed by atoms with Crippen LogP contribution < -0.4 is 9.47 Å². The van der Waals surface area contributed by atoms with Crippen molar-refractivity contribution in [2.24, 2.45) is 0 Å². The number of methoxy groups -OCH3 is 2. The maximum absolute atomic E-state index is 9.02. The van der Waals surface area contributed by atoms with Crippen LogP contribution in [0.2, 0.25) is 0 Å². The molecule has 4 aromatic rings. The Labute approximate surface area is 212 Å². The van der Waals surface area contributed by atoms with E-state index in [1.165, 1.54) is 0 Å². The second-order valence-corrected chi connectivity index (χ2v) is 8.21. The van der Waals surface area contributed by atoms with Gasteiger partial charge in [0.2, 0.25) is 0 Å². The molecule has 0 heterocycles. The van der Waals surface area contributed by atoms with Crippen molar-refractivity contribution in [3.63, 3.8) is 0 Å². The number of hydrogen-bond donors (Lipinski definition) is 0. The summed E-state index contributed by atoms with van der Waals surface area (Å²) in [6.07, 6.45) is 12.6. The zero-order valence-electron chi connectivity index (χ0n) is 20.4. The third kappa shape index (κ3) is 6.85. The Bertz CT molecular complexity index is 1340. The zero-order chi connectivity index (χ0) is 25.2. The SMILES string of the molecule is COc1ccc(/C=C/c2cc(/C=C/c3ccc(C#N)cc3)cc(/C=C/c3ccc(OC)cc3)c2)cc1.